The van der Waals surface area contributed by atoms with E-state index in [1.807, 2.05) is 17.0 Å². The molecule has 1 aliphatic heterocycles. The van der Waals surface area contributed by atoms with Crippen LogP contribution in [0.2, 0.25) is 0 Å². The lowest BCUT2D eigenvalue weighted by Gasteiger charge is -2.30. The van der Waals surface area contributed by atoms with Crippen LogP contribution in [0.1, 0.15) is 11.3 Å². The number of aliphatic hydroxyl groups is 1. The predicted molar refractivity (Wildman–Crippen MR) is 65.4 cm³/mol. The van der Waals surface area contributed by atoms with Gasteiger partial charge in [0, 0.05) is 31.0 Å². The molecule has 0 bridgehead atoms. The average molecular weight is 227 g/mol. The zero-order valence-corrected chi connectivity index (χ0v) is 9.37. The highest BCUT2D eigenvalue weighted by atomic mass is 16.3. The number of aliphatic hydroxyl groups excluding tert-OH is 1. The molecule has 0 saturated heterocycles. The zero-order valence-electron chi connectivity index (χ0n) is 9.37. The third kappa shape index (κ3) is 1.66. The van der Waals surface area contributed by atoms with Gasteiger partial charge in [0.05, 0.1) is 12.3 Å². The second-order valence-electron chi connectivity index (χ2n) is 4.01. The number of benzene rings is 1. The first-order valence-electron chi connectivity index (χ1n) is 5.66. The van der Waals surface area contributed by atoms with E-state index in [1.54, 1.807) is 12.4 Å². The van der Waals surface area contributed by atoms with E-state index < -0.39 is 0 Å². The Morgan fingerprint density at radius 2 is 2.00 bits per heavy atom. The number of hydrogen-bond acceptors (Lipinski definition) is 4. The third-order valence-electron chi connectivity index (χ3n) is 2.97. The molecular weight excluding hydrogens is 214 g/mol. The number of hydrogen-bond donors (Lipinski definition) is 1. The summed E-state index contributed by atoms with van der Waals surface area (Å²) in [5.74, 6) is 0.861. The van der Waals surface area contributed by atoms with Crippen molar-refractivity contribution < 1.29 is 5.11 Å². The Balaban J connectivity index is 2.13. The van der Waals surface area contributed by atoms with Crippen LogP contribution in [0.15, 0.2) is 36.7 Å². The van der Waals surface area contributed by atoms with Crippen molar-refractivity contribution in [3.05, 3.63) is 47.9 Å². The van der Waals surface area contributed by atoms with Gasteiger partial charge in [-0.15, -0.1) is 0 Å². The van der Waals surface area contributed by atoms with E-state index >= 15 is 0 Å². The van der Waals surface area contributed by atoms with Crippen molar-refractivity contribution in [3.63, 3.8) is 0 Å². The van der Waals surface area contributed by atoms with Crippen molar-refractivity contribution >= 4 is 11.5 Å². The van der Waals surface area contributed by atoms with E-state index in [0.29, 0.717) is 6.54 Å². The van der Waals surface area contributed by atoms with Crippen molar-refractivity contribution in [2.24, 2.45) is 0 Å². The van der Waals surface area contributed by atoms with Gasteiger partial charge in [0.1, 0.15) is 0 Å². The molecule has 1 aromatic heterocycles. The predicted octanol–water partition coefficient (Wildman–Crippen LogP) is 1.51. The van der Waals surface area contributed by atoms with Gasteiger partial charge < -0.3 is 10.0 Å². The molecule has 0 fully saturated rings. The fraction of sp³-hybridized carbons (Fsp3) is 0.231. The Morgan fingerprint density at radius 3 is 2.88 bits per heavy atom. The monoisotopic (exact) mass is 227 g/mol. The van der Waals surface area contributed by atoms with Crippen LogP contribution in [0, 0.1) is 0 Å². The lowest BCUT2D eigenvalue weighted by atomic mass is 10.0. The molecule has 1 aliphatic rings. The summed E-state index contributed by atoms with van der Waals surface area (Å²) in [5, 5.41) is 9.18. The first-order chi connectivity index (χ1) is 8.40. The highest BCUT2D eigenvalue weighted by Crippen LogP contribution is 2.35. The maximum absolute atomic E-state index is 9.18. The van der Waals surface area contributed by atoms with Crippen LogP contribution < -0.4 is 4.90 Å². The fourth-order valence-electron chi connectivity index (χ4n) is 2.25. The Kier molecular flexibility index (Phi) is 2.49. The van der Waals surface area contributed by atoms with Gasteiger partial charge in [0.25, 0.3) is 0 Å². The second kappa shape index (κ2) is 4.14. The van der Waals surface area contributed by atoms with E-state index in [-0.39, 0.29) is 6.61 Å². The van der Waals surface area contributed by atoms with E-state index in [2.05, 4.69) is 22.1 Å². The molecule has 2 aromatic rings. The van der Waals surface area contributed by atoms with Gasteiger partial charge >= 0.3 is 0 Å². The zero-order chi connectivity index (χ0) is 11.7. The van der Waals surface area contributed by atoms with Gasteiger partial charge in [-0.3, -0.25) is 4.98 Å². The minimum Gasteiger partial charge on any atom is -0.395 e. The van der Waals surface area contributed by atoms with E-state index in [9.17, 15) is 5.11 Å². The Bertz CT molecular complexity index is 496. The molecule has 1 aromatic carbocycles. The summed E-state index contributed by atoms with van der Waals surface area (Å²) in [6, 6.07) is 8.18. The minimum atomic E-state index is 0.102. The highest BCUT2D eigenvalue weighted by molar-refractivity contribution is 5.70. The number of anilines is 2. The topological polar surface area (TPSA) is 49.2 Å². The van der Waals surface area contributed by atoms with Crippen LogP contribution >= 0.6 is 0 Å². The van der Waals surface area contributed by atoms with Gasteiger partial charge in [-0.1, -0.05) is 18.2 Å². The smallest absolute Gasteiger partial charge is 0.155 e. The molecule has 0 aliphatic carbocycles. The number of aromatic nitrogens is 2. The highest BCUT2D eigenvalue weighted by Gasteiger charge is 2.23. The number of fused-ring (bicyclic) bond motifs is 2. The van der Waals surface area contributed by atoms with Crippen LogP contribution in [-0.4, -0.2) is 28.2 Å². The lowest BCUT2D eigenvalue weighted by Crippen LogP contribution is -2.27. The van der Waals surface area contributed by atoms with Gasteiger partial charge in [0.15, 0.2) is 5.82 Å². The second-order valence-corrected chi connectivity index (χ2v) is 4.01. The van der Waals surface area contributed by atoms with Crippen LogP contribution in [0.5, 0.6) is 0 Å². The van der Waals surface area contributed by atoms with Gasteiger partial charge in [-0.05, 0) is 11.6 Å². The maximum atomic E-state index is 9.18. The molecule has 0 spiro atoms. The number of β-amino-alcohol motifs (C(OH)–C–C–N with tert-alkyl or cyclic N) is 1. The Labute approximate surface area is 99.6 Å². The quantitative estimate of drug-likeness (QED) is 0.845. The molecule has 0 radical (unpaired) electrons. The number of para-hydroxylation sites is 1. The molecule has 0 unspecified atom stereocenters. The van der Waals surface area contributed by atoms with E-state index in [1.165, 1.54) is 5.56 Å². The van der Waals surface area contributed by atoms with Crippen molar-refractivity contribution in [2.75, 3.05) is 18.1 Å². The average Bonchev–Trinajstić information content (AvgIpc) is 2.39. The standard InChI is InChI=1S/C13H13N3O/c17-8-7-16-12-4-2-1-3-10(12)9-11-13(16)15-6-5-14-11/h1-6,17H,7-9H2. The van der Waals surface area contributed by atoms with Crippen LogP contribution in [0.25, 0.3) is 0 Å². The first-order valence-corrected chi connectivity index (χ1v) is 5.66. The molecule has 3 rings (SSSR count). The van der Waals surface area contributed by atoms with Crippen molar-refractivity contribution in [1.82, 2.24) is 9.97 Å². The maximum Gasteiger partial charge on any atom is 0.155 e. The third-order valence-corrected chi connectivity index (χ3v) is 2.97. The fourth-order valence-corrected chi connectivity index (χ4v) is 2.25. The summed E-state index contributed by atoms with van der Waals surface area (Å²) in [4.78, 5) is 10.8. The van der Waals surface area contributed by atoms with Crippen LogP contribution in [0.4, 0.5) is 11.5 Å². The Morgan fingerprint density at radius 1 is 1.18 bits per heavy atom. The van der Waals surface area contributed by atoms with Crippen LogP contribution in [-0.2, 0) is 6.42 Å². The summed E-state index contributed by atoms with van der Waals surface area (Å²) in [6.45, 7) is 0.646. The van der Waals surface area contributed by atoms with Crippen LogP contribution in [0.3, 0.4) is 0 Å². The molecule has 0 atom stereocenters. The SMILES string of the molecule is OCCN1c2ccccc2Cc2nccnc21. The summed E-state index contributed by atoms with van der Waals surface area (Å²) < 4.78 is 0. The first kappa shape index (κ1) is 10.2. The van der Waals surface area contributed by atoms with Crippen molar-refractivity contribution in [2.45, 2.75) is 6.42 Å². The molecule has 2 heterocycles. The normalized spacial score (nSPS) is 13.1. The van der Waals surface area contributed by atoms with Crippen molar-refractivity contribution in [3.8, 4) is 0 Å². The summed E-state index contributed by atoms with van der Waals surface area (Å²) >= 11 is 0. The molecular formula is C13H13N3O. The summed E-state index contributed by atoms with van der Waals surface area (Å²) in [5.41, 5.74) is 3.32. The van der Waals surface area contributed by atoms with E-state index in [0.717, 1.165) is 23.6 Å². The molecule has 4 heteroatoms. The number of nitrogens with zero attached hydrogens (tertiary/aromatic N) is 3. The minimum absolute atomic E-state index is 0.102. The van der Waals surface area contributed by atoms with Gasteiger partial charge in [0.2, 0.25) is 0 Å². The summed E-state index contributed by atoms with van der Waals surface area (Å²) in [6.07, 6.45) is 4.21. The van der Waals surface area contributed by atoms with E-state index in [4.69, 9.17) is 0 Å². The molecule has 1 N–H and O–H groups in total. The largest absolute Gasteiger partial charge is 0.395 e. The van der Waals surface area contributed by atoms with Gasteiger partial charge in [-0.2, -0.15) is 0 Å². The molecule has 0 saturated carbocycles. The van der Waals surface area contributed by atoms with Crippen molar-refractivity contribution in [1.29, 1.82) is 0 Å². The van der Waals surface area contributed by atoms with Gasteiger partial charge in [-0.25, -0.2) is 4.98 Å². The summed E-state index contributed by atoms with van der Waals surface area (Å²) in [7, 11) is 0. The molecule has 86 valence electrons. The molecule has 4 nitrogen and oxygen atoms in total. The number of rotatable bonds is 2. The molecule has 0 amide bonds. The lowest BCUT2D eigenvalue weighted by molar-refractivity contribution is 0.305. The molecule has 17 heavy (non-hydrogen) atoms. The Hall–Kier alpha value is -1.94.